The average molecular weight is 426 g/mol. The summed E-state index contributed by atoms with van der Waals surface area (Å²) in [5.74, 6) is -0.124. The number of rotatable bonds is 5. The van der Waals surface area contributed by atoms with Crippen molar-refractivity contribution in [1.82, 2.24) is 14.9 Å². The van der Waals surface area contributed by atoms with Gasteiger partial charge in [0.05, 0.1) is 23.6 Å². The van der Waals surface area contributed by atoms with Gasteiger partial charge in [0.15, 0.2) is 0 Å². The van der Waals surface area contributed by atoms with Crippen LogP contribution in [-0.2, 0) is 6.54 Å². The maximum Gasteiger partial charge on any atom is 0.272 e. The standard InChI is InChI=1S/C27H27N3O2/c1-17-14-24-25(15-18(17)2)30(27(32)20(4)28-24)16-21-10-12-23(13-11-21)26(31)29-19(3)22-8-6-5-7-9-22/h5-15,19H,16H2,1-4H3,(H,29,31). The van der Waals surface area contributed by atoms with Gasteiger partial charge in [-0.25, -0.2) is 4.98 Å². The van der Waals surface area contributed by atoms with E-state index >= 15 is 0 Å². The summed E-state index contributed by atoms with van der Waals surface area (Å²) >= 11 is 0. The first-order valence-corrected chi connectivity index (χ1v) is 10.8. The molecule has 3 aromatic carbocycles. The van der Waals surface area contributed by atoms with E-state index in [0.717, 1.165) is 33.3 Å². The zero-order chi connectivity index (χ0) is 22.8. The fourth-order valence-corrected chi connectivity index (χ4v) is 3.83. The van der Waals surface area contributed by atoms with Gasteiger partial charge in [0.2, 0.25) is 0 Å². The van der Waals surface area contributed by atoms with Gasteiger partial charge in [-0.1, -0.05) is 42.5 Å². The highest BCUT2D eigenvalue weighted by atomic mass is 16.1. The first-order chi connectivity index (χ1) is 15.3. The van der Waals surface area contributed by atoms with Crippen LogP contribution in [0.1, 0.15) is 51.3 Å². The summed E-state index contributed by atoms with van der Waals surface area (Å²) in [7, 11) is 0. The number of nitrogens with one attached hydrogen (secondary N) is 1. The summed E-state index contributed by atoms with van der Waals surface area (Å²) in [6.07, 6.45) is 0. The van der Waals surface area contributed by atoms with Gasteiger partial charge < -0.3 is 9.88 Å². The first kappa shape index (κ1) is 21.5. The van der Waals surface area contributed by atoms with Crippen molar-refractivity contribution in [3.05, 3.63) is 111 Å². The number of hydrogen-bond acceptors (Lipinski definition) is 3. The van der Waals surface area contributed by atoms with Crippen LogP contribution in [-0.4, -0.2) is 15.5 Å². The molecule has 162 valence electrons. The van der Waals surface area contributed by atoms with E-state index in [1.165, 1.54) is 0 Å². The van der Waals surface area contributed by atoms with Crippen molar-refractivity contribution < 1.29 is 4.79 Å². The lowest BCUT2D eigenvalue weighted by Gasteiger charge is -2.15. The number of nitrogens with zero attached hydrogens (tertiary/aromatic N) is 2. The van der Waals surface area contributed by atoms with Crippen LogP contribution in [0.5, 0.6) is 0 Å². The number of carbonyl (C=O) groups is 1. The molecule has 1 amide bonds. The zero-order valence-corrected chi connectivity index (χ0v) is 18.8. The highest BCUT2D eigenvalue weighted by molar-refractivity contribution is 5.94. The Labute approximate surface area is 187 Å². The van der Waals surface area contributed by atoms with Crippen LogP contribution in [0.4, 0.5) is 0 Å². The van der Waals surface area contributed by atoms with Crippen LogP contribution in [0, 0.1) is 20.8 Å². The topological polar surface area (TPSA) is 64.0 Å². The van der Waals surface area contributed by atoms with Crippen LogP contribution >= 0.6 is 0 Å². The molecule has 0 aliphatic carbocycles. The molecule has 4 rings (SSSR count). The Morgan fingerprint density at radius 3 is 2.31 bits per heavy atom. The number of amides is 1. The van der Waals surface area contributed by atoms with Crippen molar-refractivity contribution in [3.8, 4) is 0 Å². The quantitative estimate of drug-likeness (QED) is 0.497. The molecule has 0 bridgehead atoms. The van der Waals surface area contributed by atoms with E-state index < -0.39 is 0 Å². The molecule has 32 heavy (non-hydrogen) atoms. The summed E-state index contributed by atoms with van der Waals surface area (Å²) in [5, 5.41) is 3.03. The van der Waals surface area contributed by atoms with E-state index in [9.17, 15) is 9.59 Å². The van der Waals surface area contributed by atoms with Gasteiger partial charge in [-0.05, 0) is 74.2 Å². The molecule has 1 atom stereocenters. The molecule has 0 aliphatic heterocycles. The highest BCUT2D eigenvalue weighted by Crippen LogP contribution is 2.18. The van der Waals surface area contributed by atoms with Crippen molar-refractivity contribution in [3.63, 3.8) is 0 Å². The lowest BCUT2D eigenvalue weighted by atomic mass is 10.1. The average Bonchev–Trinajstić information content (AvgIpc) is 2.79. The van der Waals surface area contributed by atoms with Gasteiger partial charge in [0.25, 0.3) is 11.5 Å². The van der Waals surface area contributed by atoms with Gasteiger partial charge >= 0.3 is 0 Å². The molecule has 1 heterocycles. The molecule has 4 aromatic rings. The molecule has 0 aliphatic rings. The normalized spacial score (nSPS) is 12.0. The van der Waals surface area contributed by atoms with Crippen molar-refractivity contribution in [1.29, 1.82) is 0 Å². The SMILES string of the molecule is Cc1cc2nc(C)c(=O)n(Cc3ccc(C(=O)NC(C)c4ccccc4)cc3)c2cc1C. The predicted octanol–water partition coefficient (Wildman–Crippen LogP) is 4.86. The Kier molecular flexibility index (Phi) is 5.91. The predicted molar refractivity (Wildman–Crippen MR) is 128 cm³/mol. The fourth-order valence-electron chi connectivity index (χ4n) is 3.83. The minimum atomic E-state index is -0.124. The number of aromatic nitrogens is 2. The van der Waals surface area contributed by atoms with Crippen LogP contribution < -0.4 is 10.9 Å². The minimum Gasteiger partial charge on any atom is -0.346 e. The first-order valence-electron chi connectivity index (χ1n) is 10.8. The fraction of sp³-hybridized carbons (Fsp3) is 0.222. The van der Waals surface area contributed by atoms with E-state index in [4.69, 9.17) is 0 Å². The van der Waals surface area contributed by atoms with Gasteiger partial charge in [-0.15, -0.1) is 0 Å². The third kappa shape index (κ3) is 4.33. The Morgan fingerprint density at radius 2 is 1.62 bits per heavy atom. The molecule has 0 radical (unpaired) electrons. The van der Waals surface area contributed by atoms with Gasteiger partial charge in [0.1, 0.15) is 5.69 Å². The molecule has 1 N–H and O–H groups in total. The Hall–Kier alpha value is -3.73. The minimum absolute atomic E-state index is 0.0835. The van der Waals surface area contributed by atoms with Crippen LogP contribution in [0.25, 0.3) is 11.0 Å². The second-order valence-electron chi connectivity index (χ2n) is 8.32. The molecule has 5 nitrogen and oxygen atoms in total. The largest absolute Gasteiger partial charge is 0.346 e. The lowest BCUT2D eigenvalue weighted by Crippen LogP contribution is -2.27. The van der Waals surface area contributed by atoms with E-state index in [-0.39, 0.29) is 17.5 Å². The molecule has 0 fully saturated rings. The van der Waals surface area contributed by atoms with Crippen molar-refractivity contribution >= 4 is 16.9 Å². The van der Waals surface area contributed by atoms with Crippen LogP contribution in [0.15, 0.2) is 71.5 Å². The Morgan fingerprint density at radius 1 is 0.969 bits per heavy atom. The lowest BCUT2D eigenvalue weighted by molar-refractivity contribution is 0.0940. The zero-order valence-electron chi connectivity index (χ0n) is 18.8. The number of benzene rings is 3. The van der Waals surface area contributed by atoms with Crippen molar-refractivity contribution in [2.75, 3.05) is 0 Å². The summed E-state index contributed by atoms with van der Waals surface area (Å²) in [5.41, 5.74) is 6.88. The van der Waals surface area contributed by atoms with Crippen molar-refractivity contribution in [2.45, 2.75) is 40.3 Å². The molecular weight excluding hydrogens is 398 g/mol. The monoisotopic (exact) mass is 425 g/mol. The Bertz CT molecular complexity index is 1340. The number of aryl methyl sites for hydroxylation is 3. The molecule has 1 unspecified atom stereocenters. The van der Waals surface area contributed by atoms with Crippen LogP contribution in [0.3, 0.4) is 0 Å². The second-order valence-corrected chi connectivity index (χ2v) is 8.32. The summed E-state index contributed by atoms with van der Waals surface area (Å²) in [6, 6.07) is 21.2. The van der Waals surface area contributed by atoms with Gasteiger partial charge in [0, 0.05) is 5.56 Å². The Balaban J connectivity index is 1.57. The van der Waals surface area contributed by atoms with Gasteiger partial charge in [-0.2, -0.15) is 0 Å². The van der Waals surface area contributed by atoms with Gasteiger partial charge in [-0.3, -0.25) is 9.59 Å². The maximum absolute atomic E-state index is 12.9. The van der Waals surface area contributed by atoms with Crippen molar-refractivity contribution in [2.24, 2.45) is 0 Å². The molecule has 1 aromatic heterocycles. The number of hydrogen-bond donors (Lipinski definition) is 1. The third-order valence-corrected chi connectivity index (χ3v) is 5.93. The molecule has 5 heteroatoms. The molecule has 0 saturated carbocycles. The third-order valence-electron chi connectivity index (χ3n) is 5.93. The molecule has 0 spiro atoms. The van der Waals surface area contributed by atoms with E-state index in [0.29, 0.717) is 17.8 Å². The number of carbonyl (C=O) groups excluding carboxylic acids is 1. The second kappa shape index (κ2) is 8.79. The molecule has 0 saturated heterocycles. The summed E-state index contributed by atoms with van der Waals surface area (Å²) in [4.78, 5) is 30.0. The van der Waals surface area contributed by atoms with E-state index in [1.54, 1.807) is 23.6 Å². The van der Waals surface area contributed by atoms with E-state index in [1.807, 2.05) is 75.4 Å². The van der Waals surface area contributed by atoms with E-state index in [2.05, 4.69) is 10.3 Å². The highest BCUT2D eigenvalue weighted by Gasteiger charge is 2.13. The summed E-state index contributed by atoms with van der Waals surface area (Å²) < 4.78 is 1.76. The maximum atomic E-state index is 12.9. The summed E-state index contributed by atoms with van der Waals surface area (Å²) in [6.45, 7) is 8.21. The molecular formula is C27H27N3O2. The number of fused-ring (bicyclic) bond motifs is 1. The van der Waals surface area contributed by atoms with Crippen LogP contribution in [0.2, 0.25) is 0 Å². The smallest absolute Gasteiger partial charge is 0.272 e.